The summed E-state index contributed by atoms with van der Waals surface area (Å²) >= 11 is 0. The van der Waals surface area contributed by atoms with Gasteiger partial charge in [-0.1, -0.05) is 12.1 Å². The fourth-order valence-corrected chi connectivity index (χ4v) is 2.97. The zero-order valence-corrected chi connectivity index (χ0v) is 20.6. The number of benzene rings is 1. The Bertz CT molecular complexity index is 822. The lowest BCUT2D eigenvalue weighted by atomic mass is 10.1. The van der Waals surface area contributed by atoms with Crippen LogP contribution in [0.2, 0.25) is 0 Å². The molecular formula is C23H33IN4O3. The first-order valence-electron chi connectivity index (χ1n) is 10.6. The van der Waals surface area contributed by atoms with Gasteiger partial charge in [0.05, 0.1) is 26.0 Å². The number of nitrogens with one attached hydrogen (secondary N) is 2. The lowest BCUT2D eigenvalue weighted by Gasteiger charge is -2.22. The number of aliphatic imine (C=N–C) groups is 1. The summed E-state index contributed by atoms with van der Waals surface area (Å²) < 4.78 is 11.0. The molecule has 1 aliphatic carbocycles. The van der Waals surface area contributed by atoms with E-state index >= 15 is 0 Å². The number of hydrogen-bond donors (Lipinski definition) is 2. The van der Waals surface area contributed by atoms with Crippen LogP contribution in [0.4, 0.5) is 0 Å². The highest BCUT2D eigenvalue weighted by molar-refractivity contribution is 14.0. The highest BCUT2D eigenvalue weighted by atomic mass is 127. The lowest BCUT2D eigenvalue weighted by Crippen LogP contribution is -2.40. The predicted octanol–water partition coefficient (Wildman–Crippen LogP) is 3.65. The Hall–Kier alpha value is -2.07. The summed E-state index contributed by atoms with van der Waals surface area (Å²) in [6.45, 7) is 6.06. The molecule has 170 valence electrons. The molecule has 3 rings (SSSR count). The normalized spacial score (nSPS) is 13.4. The first kappa shape index (κ1) is 25.2. The maximum Gasteiger partial charge on any atom is 0.251 e. The van der Waals surface area contributed by atoms with Gasteiger partial charge in [-0.15, -0.1) is 24.0 Å². The average molecular weight is 540 g/mol. The maximum atomic E-state index is 12.4. The van der Waals surface area contributed by atoms with Crippen molar-refractivity contribution in [3.63, 3.8) is 0 Å². The van der Waals surface area contributed by atoms with Crippen molar-refractivity contribution >= 4 is 35.8 Å². The third kappa shape index (κ3) is 8.90. The van der Waals surface area contributed by atoms with Gasteiger partial charge in [-0.25, -0.2) is 4.99 Å². The van der Waals surface area contributed by atoms with Crippen LogP contribution in [-0.4, -0.2) is 50.1 Å². The summed E-state index contributed by atoms with van der Waals surface area (Å²) in [4.78, 5) is 19.2. The maximum absolute atomic E-state index is 12.4. The Kier molecular flexibility index (Phi) is 10.9. The highest BCUT2D eigenvalue weighted by Gasteiger charge is 2.21. The third-order valence-corrected chi connectivity index (χ3v) is 4.92. The van der Waals surface area contributed by atoms with Crippen molar-refractivity contribution in [1.82, 2.24) is 15.5 Å². The van der Waals surface area contributed by atoms with Crippen LogP contribution in [0.15, 0.2) is 52.1 Å². The Morgan fingerprint density at radius 2 is 2.10 bits per heavy atom. The van der Waals surface area contributed by atoms with E-state index in [0.717, 1.165) is 42.9 Å². The van der Waals surface area contributed by atoms with E-state index in [1.165, 1.54) is 12.8 Å². The minimum absolute atomic E-state index is 0. The summed E-state index contributed by atoms with van der Waals surface area (Å²) in [6, 6.07) is 11.2. The van der Waals surface area contributed by atoms with Crippen molar-refractivity contribution in [2.45, 2.75) is 32.9 Å². The van der Waals surface area contributed by atoms with E-state index < -0.39 is 0 Å². The van der Waals surface area contributed by atoms with Gasteiger partial charge in [0.2, 0.25) is 0 Å². The summed E-state index contributed by atoms with van der Waals surface area (Å²) in [5.41, 5.74) is 1.59. The van der Waals surface area contributed by atoms with Crippen LogP contribution in [0.1, 0.15) is 41.4 Å². The molecule has 1 amide bonds. The van der Waals surface area contributed by atoms with E-state index in [2.05, 4.69) is 22.5 Å². The summed E-state index contributed by atoms with van der Waals surface area (Å²) in [5.74, 6) is 2.21. The van der Waals surface area contributed by atoms with Gasteiger partial charge < -0.3 is 24.7 Å². The number of ether oxygens (including phenoxy) is 1. The van der Waals surface area contributed by atoms with Crippen molar-refractivity contribution in [1.29, 1.82) is 0 Å². The van der Waals surface area contributed by atoms with Crippen LogP contribution in [0.5, 0.6) is 0 Å². The highest BCUT2D eigenvalue weighted by Crippen LogP contribution is 2.28. The Morgan fingerprint density at radius 3 is 2.81 bits per heavy atom. The number of halogens is 1. The van der Waals surface area contributed by atoms with Gasteiger partial charge in [0, 0.05) is 32.3 Å². The number of rotatable bonds is 11. The fraction of sp³-hybridized carbons (Fsp3) is 0.478. The first-order valence-corrected chi connectivity index (χ1v) is 10.6. The van der Waals surface area contributed by atoms with Gasteiger partial charge in [-0.05, 0) is 55.5 Å². The number of likely N-dealkylation sites (N-methyl/N-ethyl adjacent to an activating group) is 1. The molecule has 8 heteroatoms. The molecule has 0 radical (unpaired) electrons. The van der Waals surface area contributed by atoms with Crippen molar-refractivity contribution in [3.05, 3.63) is 59.5 Å². The average Bonchev–Trinajstić information content (AvgIpc) is 3.44. The molecule has 0 saturated heterocycles. The molecular weight excluding hydrogens is 507 g/mol. The van der Waals surface area contributed by atoms with E-state index in [9.17, 15) is 4.79 Å². The topological polar surface area (TPSA) is 79.1 Å². The summed E-state index contributed by atoms with van der Waals surface area (Å²) in [5, 5.41) is 6.19. The number of carbonyl (C=O) groups is 1. The van der Waals surface area contributed by atoms with Gasteiger partial charge in [0.1, 0.15) is 5.76 Å². The Morgan fingerprint density at radius 1 is 1.26 bits per heavy atom. The first-order chi connectivity index (χ1) is 14.7. The van der Waals surface area contributed by atoms with Crippen molar-refractivity contribution in [3.8, 4) is 0 Å². The monoisotopic (exact) mass is 540 g/mol. The molecule has 7 nitrogen and oxygen atoms in total. The Balaban J connectivity index is 0.00000341. The van der Waals surface area contributed by atoms with Gasteiger partial charge in [-0.2, -0.15) is 0 Å². The molecule has 0 atom stereocenters. The van der Waals surface area contributed by atoms with Crippen molar-refractivity contribution in [2.24, 2.45) is 10.9 Å². The van der Waals surface area contributed by atoms with Crippen molar-refractivity contribution < 1.29 is 13.9 Å². The summed E-state index contributed by atoms with van der Waals surface area (Å²) in [7, 11) is 2.01. The SMILES string of the molecule is CCNC(=NCc1cccc(C(=O)NCc2ccco2)c1)N(C)CCOCC1CC1.I. The number of amides is 1. The smallest absolute Gasteiger partial charge is 0.251 e. The number of furan rings is 1. The molecule has 0 spiro atoms. The molecule has 0 bridgehead atoms. The van der Waals surface area contributed by atoms with E-state index in [0.29, 0.717) is 25.3 Å². The molecule has 1 aromatic heterocycles. The van der Waals surface area contributed by atoms with Crippen LogP contribution >= 0.6 is 24.0 Å². The van der Waals surface area contributed by atoms with Crippen LogP contribution in [0, 0.1) is 5.92 Å². The van der Waals surface area contributed by atoms with Gasteiger partial charge in [-0.3, -0.25) is 4.79 Å². The van der Waals surface area contributed by atoms with E-state index in [-0.39, 0.29) is 29.9 Å². The predicted molar refractivity (Wildman–Crippen MR) is 133 cm³/mol. The molecule has 31 heavy (non-hydrogen) atoms. The van der Waals surface area contributed by atoms with Crippen LogP contribution in [0.3, 0.4) is 0 Å². The second kappa shape index (κ2) is 13.4. The second-order valence-corrected chi connectivity index (χ2v) is 7.57. The molecule has 1 saturated carbocycles. The van der Waals surface area contributed by atoms with Gasteiger partial charge >= 0.3 is 0 Å². The molecule has 1 heterocycles. The van der Waals surface area contributed by atoms with Crippen LogP contribution in [0.25, 0.3) is 0 Å². The molecule has 1 fully saturated rings. The molecule has 2 aromatic rings. The number of nitrogens with zero attached hydrogens (tertiary/aromatic N) is 2. The zero-order valence-electron chi connectivity index (χ0n) is 18.3. The largest absolute Gasteiger partial charge is 0.467 e. The quantitative estimate of drug-likeness (QED) is 0.197. The van der Waals surface area contributed by atoms with Crippen LogP contribution in [-0.2, 0) is 17.8 Å². The second-order valence-electron chi connectivity index (χ2n) is 7.57. The number of carbonyl (C=O) groups excluding carboxylic acids is 1. The van der Waals surface area contributed by atoms with Gasteiger partial charge in [0.25, 0.3) is 5.91 Å². The third-order valence-electron chi connectivity index (χ3n) is 4.92. The molecule has 2 N–H and O–H groups in total. The van der Waals surface area contributed by atoms with Crippen molar-refractivity contribution in [2.75, 3.05) is 33.4 Å². The van der Waals surface area contributed by atoms with Gasteiger partial charge in [0.15, 0.2) is 5.96 Å². The molecule has 1 aliphatic rings. The minimum Gasteiger partial charge on any atom is -0.467 e. The molecule has 0 unspecified atom stereocenters. The minimum atomic E-state index is -0.130. The standard InChI is InChI=1S/C23H32N4O3.HI/c1-3-24-23(27(2)11-13-29-17-18-9-10-18)26-15-19-6-4-7-20(14-19)22(28)25-16-21-8-5-12-30-21;/h4-8,12,14,18H,3,9-11,13,15-17H2,1-2H3,(H,24,26)(H,25,28);1H. The van der Waals surface area contributed by atoms with E-state index in [4.69, 9.17) is 14.1 Å². The van der Waals surface area contributed by atoms with Crippen LogP contribution < -0.4 is 10.6 Å². The summed E-state index contributed by atoms with van der Waals surface area (Å²) in [6.07, 6.45) is 4.21. The number of guanidine groups is 1. The molecule has 0 aliphatic heterocycles. The lowest BCUT2D eigenvalue weighted by molar-refractivity contribution is 0.0948. The Labute approximate surface area is 201 Å². The fourth-order valence-electron chi connectivity index (χ4n) is 2.97. The molecule has 1 aromatic carbocycles. The van der Waals surface area contributed by atoms with E-state index in [1.54, 1.807) is 18.4 Å². The number of hydrogen-bond acceptors (Lipinski definition) is 4. The zero-order chi connectivity index (χ0) is 21.2. The van der Waals surface area contributed by atoms with E-state index in [1.807, 2.05) is 31.3 Å².